The van der Waals surface area contributed by atoms with Crippen LogP contribution in [0.3, 0.4) is 0 Å². The standard InChI is InChI=1S/C15H26N2O3S/c1-3-12-5-9-16(10-6-12)14(18)13-11-15(2)7-4-8-17(15)21(13,19)20/h12-13H,3-11H2,1-2H3. The van der Waals surface area contributed by atoms with Crippen LogP contribution in [0.4, 0.5) is 0 Å². The molecule has 0 aromatic rings. The molecule has 0 N–H and O–H groups in total. The van der Waals surface area contributed by atoms with E-state index in [9.17, 15) is 13.2 Å². The van der Waals surface area contributed by atoms with Crippen molar-refractivity contribution in [1.82, 2.24) is 9.21 Å². The number of carbonyl (C=O) groups excluding carboxylic acids is 1. The van der Waals surface area contributed by atoms with Crippen LogP contribution in [0.1, 0.15) is 52.4 Å². The third kappa shape index (κ3) is 2.40. The van der Waals surface area contributed by atoms with Gasteiger partial charge in [-0.25, -0.2) is 8.42 Å². The first-order chi connectivity index (χ1) is 9.88. The number of hydrogen-bond donors (Lipinski definition) is 0. The number of sulfonamides is 1. The van der Waals surface area contributed by atoms with Crippen LogP contribution in [0.2, 0.25) is 0 Å². The number of nitrogens with zero attached hydrogens (tertiary/aromatic N) is 2. The van der Waals surface area contributed by atoms with E-state index in [0.29, 0.717) is 18.9 Å². The first kappa shape index (κ1) is 15.3. The van der Waals surface area contributed by atoms with E-state index in [1.807, 2.05) is 6.92 Å². The maximum Gasteiger partial charge on any atom is 0.242 e. The summed E-state index contributed by atoms with van der Waals surface area (Å²) < 4.78 is 26.9. The molecule has 21 heavy (non-hydrogen) atoms. The van der Waals surface area contributed by atoms with E-state index in [-0.39, 0.29) is 11.4 Å². The molecule has 2 unspecified atom stereocenters. The molecule has 0 spiro atoms. The van der Waals surface area contributed by atoms with Crippen molar-refractivity contribution < 1.29 is 13.2 Å². The maximum absolute atomic E-state index is 12.7. The second-order valence-electron chi connectivity index (χ2n) is 7.09. The van der Waals surface area contributed by atoms with Gasteiger partial charge in [-0.2, -0.15) is 4.31 Å². The Bertz CT molecular complexity index is 525. The van der Waals surface area contributed by atoms with Gasteiger partial charge < -0.3 is 4.90 Å². The average Bonchev–Trinajstić information content (AvgIpc) is 2.94. The lowest BCUT2D eigenvalue weighted by Crippen LogP contribution is -2.46. The summed E-state index contributed by atoms with van der Waals surface area (Å²) in [7, 11) is -3.45. The number of carbonyl (C=O) groups is 1. The lowest BCUT2D eigenvalue weighted by molar-refractivity contribution is -0.132. The van der Waals surface area contributed by atoms with Crippen LogP contribution < -0.4 is 0 Å². The number of hydrogen-bond acceptors (Lipinski definition) is 3. The van der Waals surface area contributed by atoms with E-state index in [1.165, 1.54) is 0 Å². The molecule has 3 aliphatic heterocycles. The Morgan fingerprint density at radius 3 is 2.48 bits per heavy atom. The molecule has 120 valence electrons. The van der Waals surface area contributed by atoms with Crippen LogP contribution >= 0.6 is 0 Å². The van der Waals surface area contributed by atoms with Crippen molar-refractivity contribution in [3.05, 3.63) is 0 Å². The summed E-state index contributed by atoms with van der Waals surface area (Å²) >= 11 is 0. The highest BCUT2D eigenvalue weighted by atomic mass is 32.2. The molecule has 3 heterocycles. The summed E-state index contributed by atoms with van der Waals surface area (Å²) in [6, 6.07) is 0. The smallest absolute Gasteiger partial charge is 0.242 e. The average molecular weight is 314 g/mol. The Balaban J connectivity index is 1.74. The Labute approximate surface area is 127 Å². The summed E-state index contributed by atoms with van der Waals surface area (Å²) in [5, 5.41) is -0.832. The molecule has 6 heteroatoms. The van der Waals surface area contributed by atoms with Crippen LogP contribution in [0, 0.1) is 5.92 Å². The molecule has 0 radical (unpaired) electrons. The zero-order valence-electron chi connectivity index (χ0n) is 13.0. The zero-order valence-corrected chi connectivity index (χ0v) is 13.9. The number of likely N-dealkylation sites (tertiary alicyclic amines) is 1. The molecule has 0 bridgehead atoms. The topological polar surface area (TPSA) is 57.7 Å². The zero-order chi connectivity index (χ0) is 15.3. The number of fused-ring (bicyclic) bond motifs is 1. The quantitative estimate of drug-likeness (QED) is 0.778. The fourth-order valence-corrected chi connectivity index (χ4v) is 6.72. The van der Waals surface area contributed by atoms with Crippen molar-refractivity contribution in [2.75, 3.05) is 19.6 Å². The van der Waals surface area contributed by atoms with Crippen molar-refractivity contribution in [2.24, 2.45) is 5.92 Å². The number of rotatable bonds is 2. The Morgan fingerprint density at radius 1 is 1.24 bits per heavy atom. The molecule has 0 saturated carbocycles. The van der Waals surface area contributed by atoms with Crippen LogP contribution in [-0.2, 0) is 14.8 Å². The lowest BCUT2D eigenvalue weighted by Gasteiger charge is -2.33. The highest BCUT2D eigenvalue weighted by Gasteiger charge is 2.58. The van der Waals surface area contributed by atoms with Gasteiger partial charge in [-0.15, -0.1) is 0 Å². The van der Waals surface area contributed by atoms with Crippen LogP contribution in [0.15, 0.2) is 0 Å². The third-order valence-corrected chi connectivity index (χ3v) is 8.07. The molecule has 0 aromatic carbocycles. The molecule has 3 rings (SSSR count). The predicted octanol–water partition coefficient (Wildman–Crippen LogP) is 1.59. The molecule has 3 aliphatic rings. The largest absolute Gasteiger partial charge is 0.342 e. The highest BCUT2D eigenvalue weighted by molar-refractivity contribution is 7.90. The molecule has 0 aliphatic carbocycles. The summed E-state index contributed by atoms with van der Waals surface area (Å²) in [5.41, 5.74) is -0.319. The SMILES string of the molecule is CCC1CCN(C(=O)C2CC3(C)CCCN3S2(=O)=O)CC1. The predicted molar refractivity (Wildman–Crippen MR) is 81.3 cm³/mol. The Hall–Kier alpha value is -0.620. The minimum atomic E-state index is -3.45. The summed E-state index contributed by atoms with van der Waals surface area (Å²) in [5.74, 6) is 0.537. The van der Waals surface area contributed by atoms with Gasteiger partial charge in [0.1, 0.15) is 0 Å². The van der Waals surface area contributed by atoms with Gasteiger partial charge in [0.2, 0.25) is 15.9 Å². The summed E-state index contributed by atoms with van der Waals surface area (Å²) in [6.45, 7) is 6.20. The van der Waals surface area contributed by atoms with Gasteiger partial charge >= 0.3 is 0 Å². The second-order valence-corrected chi connectivity index (χ2v) is 9.13. The highest BCUT2D eigenvalue weighted by Crippen LogP contribution is 2.44. The van der Waals surface area contributed by atoms with E-state index in [1.54, 1.807) is 9.21 Å². The van der Waals surface area contributed by atoms with Crippen molar-refractivity contribution in [3.8, 4) is 0 Å². The molecule has 5 nitrogen and oxygen atoms in total. The summed E-state index contributed by atoms with van der Waals surface area (Å²) in [6.07, 6.45) is 5.44. The van der Waals surface area contributed by atoms with Crippen LogP contribution in [0.5, 0.6) is 0 Å². The molecule has 1 amide bonds. The Kier molecular flexibility index (Phi) is 3.81. The normalized spacial score (nSPS) is 36.9. The fraction of sp³-hybridized carbons (Fsp3) is 0.933. The first-order valence-electron chi connectivity index (χ1n) is 8.19. The molecule has 2 atom stereocenters. The van der Waals surface area contributed by atoms with E-state index >= 15 is 0 Å². The van der Waals surface area contributed by atoms with Crippen molar-refractivity contribution in [3.63, 3.8) is 0 Å². The lowest BCUT2D eigenvalue weighted by atomic mass is 9.92. The van der Waals surface area contributed by atoms with Gasteiger partial charge in [-0.1, -0.05) is 13.3 Å². The Morgan fingerprint density at radius 2 is 1.90 bits per heavy atom. The van der Waals surface area contributed by atoms with Crippen LogP contribution in [-0.4, -0.2) is 54.0 Å². The third-order valence-electron chi connectivity index (χ3n) is 5.75. The van der Waals surface area contributed by atoms with Gasteiger partial charge in [0, 0.05) is 25.2 Å². The monoisotopic (exact) mass is 314 g/mol. The van der Waals surface area contributed by atoms with Crippen molar-refractivity contribution in [1.29, 1.82) is 0 Å². The van der Waals surface area contributed by atoms with Crippen molar-refractivity contribution >= 4 is 15.9 Å². The minimum Gasteiger partial charge on any atom is -0.342 e. The van der Waals surface area contributed by atoms with Gasteiger partial charge in [0.25, 0.3) is 0 Å². The van der Waals surface area contributed by atoms with E-state index in [4.69, 9.17) is 0 Å². The van der Waals surface area contributed by atoms with Gasteiger partial charge in [-0.05, 0) is 44.9 Å². The number of amides is 1. The van der Waals surface area contributed by atoms with E-state index in [0.717, 1.165) is 45.2 Å². The van der Waals surface area contributed by atoms with E-state index in [2.05, 4.69) is 6.92 Å². The molecular weight excluding hydrogens is 288 g/mol. The summed E-state index contributed by atoms with van der Waals surface area (Å²) in [4.78, 5) is 14.5. The molecule has 3 saturated heterocycles. The molecular formula is C15H26N2O3S. The fourth-order valence-electron chi connectivity index (χ4n) is 4.27. The molecule has 0 aromatic heterocycles. The molecule has 3 fully saturated rings. The van der Waals surface area contributed by atoms with Gasteiger partial charge in [-0.3, -0.25) is 4.79 Å². The van der Waals surface area contributed by atoms with Gasteiger partial charge in [0.05, 0.1) is 0 Å². The van der Waals surface area contributed by atoms with Crippen molar-refractivity contribution in [2.45, 2.75) is 63.2 Å². The minimum absolute atomic E-state index is 0.153. The van der Waals surface area contributed by atoms with Crippen LogP contribution in [0.25, 0.3) is 0 Å². The number of piperidine rings is 1. The van der Waals surface area contributed by atoms with E-state index < -0.39 is 15.3 Å². The first-order valence-corrected chi connectivity index (χ1v) is 9.69. The second kappa shape index (κ2) is 5.23. The maximum atomic E-state index is 12.7. The van der Waals surface area contributed by atoms with Gasteiger partial charge in [0.15, 0.2) is 5.25 Å².